The van der Waals surface area contributed by atoms with E-state index in [1.54, 1.807) is 39.1 Å². The van der Waals surface area contributed by atoms with Gasteiger partial charge in [-0.2, -0.15) is 0 Å². The van der Waals surface area contributed by atoms with E-state index in [2.05, 4.69) is 22.2 Å². The summed E-state index contributed by atoms with van der Waals surface area (Å²) in [6, 6.07) is 7.30. The zero-order valence-corrected chi connectivity index (χ0v) is 42.0. The number of aliphatic hydroxyl groups is 1. The molecule has 4 heterocycles. The summed E-state index contributed by atoms with van der Waals surface area (Å²) in [6.07, 6.45) is 5.30. The summed E-state index contributed by atoms with van der Waals surface area (Å²) < 4.78 is 13.0. The second-order valence-corrected chi connectivity index (χ2v) is 21.8. The first-order chi connectivity index (χ1) is 31.1. The standard InChI is InChI=1S/C46H56N8O8S4/c1-12-37(57)53-17-16-52(25-45(53,6)7)40(59)30-21-36(27(3)20-33(30)61-10)64-42-32(50-44(66-42)49-29(5)56)13-14-38(58)51-15-18-54(46(8,9)24-51)41(60)31-22-35(26(2)19-34(31)62-11)63-39-23-47-43(65-39)48-28(4)55/h12-14,19-23,38,58H,1,15-18,24-25H2,2-11H3,(H,47,48,55)(H,49,50,56)/b14-13+. The van der Waals surface area contributed by atoms with Gasteiger partial charge in [0.2, 0.25) is 17.7 Å². The van der Waals surface area contributed by atoms with Gasteiger partial charge in [0, 0.05) is 62.9 Å². The number of methoxy groups -OCH3 is 2. The van der Waals surface area contributed by atoms with Gasteiger partial charge in [-0.1, -0.05) is 52.8 Å². The maximum Gasteiger partial charge on any atom is 0.258 e. The number of amides is 5. The van der Waals surface area contributed by atoms with E-state index < -0.39 is 17.3 Å². The monoisotopic (exact) mass is 976 g/mol. The van der Waals surface area contributed by atoms with Gasteiger partial charge in [-0.25, -0.2) is 9.97 Å². The minimum absolute atomic E-state index is 0.183. The molecule has 1 atom stereocenters. The molecule has 2 fully saturated rings. The summed E-state index contributed by atoms with van der Waals surface area (Å²) in [5.41, 5.74) is 1.75. The van der Waals surface area contributed by atoms with Crippen molar-refractivity contribution >= 4 is 92.1 Å². The van der Waals surface area contributed by atoms with Gasteiger partial charge in [-0.15, -0.1) is 0 Å². The average molecular weight is 977 g/mol. The van der Waals surface area contributed by atoms with Crippen LogP contribution in [0.2, 0.25) is 0 Å². The quantitative estimate of drug-likeness (QED) is 0.107. The number of nitrogens with one attached hydrogen (secondary N) is 2. The average Bonchev–Trinajstić information content (AvgIpc) is 3.86. The van der Waals surface area contributed by atoms with Crippen LogP contribution in [0.25, 0.3) is 6.08 Å². The summed E-state index contributed by atoms with van der Waals surface area (Å²) in [7, 11) is 3.06. The number of nitrogens with zero attached hydrogens (tertiary/aromatic N) is 6. The second kappa shape index (κ2) is 20.7. The second-order valence-electron chi connectivity index (χ2n) is 17.1. The molecule has 3 N–H and O–H groups in total. The minimum Gasteiger partial charge on any atom is -0.496 e. The summed E-state index contributed by atoms with van der Waals surface area (Å²) in [6.45, 7) is 20.2. The number of thiazole rings is 2. The number of carbonyl (C=O) groups is 5. The zero-order chi connectivity index (χ0) is 48.2. The van der Waals surface area contributed by atoms with Crippen molar-refractivity contribution in [2.75, 3.05) is 64.1 Å². The molecule has 4 aromatic rings. The van der Waals surface area contributed by atoms with Crippen LogP contribution in [0, 0.1) is 13.8 Å². The highest BCUT2D eigenvalue weighted by Gasteiger charge is 2.40. The Kier molecular flexibility index (Phi) is 15.8. The molecular weight excluding hydrogens is 921 g/mol. The summed E-state index contributed by atoms with van der Waals surface area (Å²) in [4.78, 5) is 82.4. The third kappa shape index (κ3) is 11.5. The fraction of sp³-hybridized carbons (Fsp3) is 0.413. The highest BCUT2D eigenvalue weighted by atomic mass is 32.2. The molecule has 1 unspecified atom stereocenters. The highest BCUT2D eigenvalue weighted by Crippen LogP contribution is 2.42. The van der Waals surface area contributed by atoms with Crippen LogP contribution in [0.3, 0.4) is 0 Å². The number of benzene rings is 2. The Bertz CT molecular complexity index is 2570. The van der Waals surface area contributed by atoms with E-state index in [1.165, 1.54) is 80.3 Å². The lowest BCUT2D eigenvalue weighted by Crippen LogP contribution is -2.62. The van der Waals surface area contributed by atoms with Gasteiger partial charge < -0.3 is 39.9 Å². The third-order valence-corrected chi connectivity index (χ3v) is 15.7. The van der Waals surface area contributed by atoms with Crippen LogP contribution in [-0.2, 0) is 14.4 Å². The molecule has 352 valence electrons. The van der Waals surface area contributed by atoms with Gasteiger partial charge in [0.05, 0.1) is 56.7 Å². The van der Waals surface area contributed by atoms with Crippen molar-refractivity contribution in [1.29, 1.82) is 0 Å². The molecule has 20 heteroatoms. The zero-order valence-electron chi connectivity index (χ0n) is 38.8. The topological polar surface area (TPSA) is 187 Å². The highest BCUT2D eigenvalue weighted by molar-refractivity contribution is 8.01. The maximum absolute atomic E-state index is 14.4. The van der Waals surface area contributed by atoms with Gasteiger partial charge in [-0.05, 0) is 95.2 Å². The molecule has 2 aromatic carbocycles. The van der Waals surface area contributed by atoms with Crippen LogP contribution >= 0.6 is 46.2 Å². The Morgan fingerprint density at radius 2 is 1.38 bits per heavy atom. The first-order valence-electron chi connectivity index (χ1n) is 21.0. The number of aliphatic hydroxyl groups excluding tert-OH is 1. The van der Waals surface area contributed by atoms with Crippen molar-refractivity contribution < 1.29 is 38.6 Å². The molecule has 2 aromatic heterocycles. The molecule has 0 aliphatic carbocycles. The molecule has 66 heavy (non-hydrogen) atoms. The Morgan fingerprint density at radius 3 is 1.95 bits per heavy atom. The van der Waals surface area contributed by atoms with E-state index in [0.717, 1.165) is 29.3 Å². The fourth-order valence-corrected chi connectivity index (χ4v) is 12.1. The first kappa shape index (κ1) is 50.2. The molecule has 0 saturated carbocycles. The van der Waals surface area contributed by atoms with Gasteiger partial charge in [0.25, 0.3) is 11.8 Å². The van der Waals surface area contributed by atoms with Crippen LogP contribution < -0.4 is 20.1 Å². The smallest absolute Gasteiger partial charge is 0.258 e. The molecule has 6 rings (SSSR count). The SMILES string of the molecule is C=CC(=O)N1CCN(C(=O)c2cc(Sc3sc(NC(C)=O)nc3/C=C/C(O)N3CCN(C(=O)c4cc(Sc5cnc(NC(C)=O)s5)c(C)cc4OC)C(C)(C)C3)c(C)cc2OC)CC1(C)C. The predicted molar refractivity (Wildman–Crippen MR) is 260 cm³/mol. The number of ether oxygens (including phenoxy) is 2. The van der Waals surface area contributed by atoms with Crippen molar-refractivity contribution in [2.45, 2.75) is 90.9 Å². The van der Waals surface area contributed by atoms with Gasteiger partial charge in [-0.3, -0.25) is 28.9 Å². The van der Waals surface area contributed by atoms with E-state index >= 15 is 0 Å². The number of carbonyl (C=O) groups excluding carboxylic acids is 5. The number of hydrogen-bond donors (Lipinski definition) is 3. The number of anilines is 2. The fourth-order valence-electron chi connectivity index (χ4n) is 7.89. The molecule has 0 spiro atoms. The van der Waals surface area contributed by atoms with Crippen molar-refractivity contribution in [3.8, 4) is 11.5 Å². The van der Waals surface area contributed by atoms with Crippen molar-refractivity contribution in [3.05, 3.63) is 77.1 Å². The van der Waals surface area contributed by atoms with Crippen LogP contribution in [-0.4, -0.2) is 135 Å². The number of rotatable bonds is 14. The van der Waals surface area contributed by atoms with Crippen molar-refractivity contribution in [1.82, 2.24) is 29.6 Å². The lowest BCUT2D eigenvalue weighted by Gasteiger charge is -2.48. The van der Waals surface area contributed by atoms with Crippen LogP contribution in [0.15, 0.2) is 67.4 Å². The van der Waals surface area contributed by atoms with E-state index in [4.69, 9.17) is 14.5 Å². The van der Waals surface area contributed by atoms with Gasteiger partial charge >= 0.3 is 0 Å². The molecule has 2 aliphatic heterocycles. The minimum atomic E-state index is -1.04. The third-order valence-electron chi connectivity index (χ3n) is 11.1. The van der Waals surface area contributed by atoms with E-state index in [-0.39, 0.29) is 29.5 Å². The van der Waals surface area contributed by atoms with Gasteiger partial charge in [0.1, 0.15) is 17.7 Å². The molecule has 5 amide bonds. The largest absolute Gasteiger partial charge is 0.496 e. The molecule has 2 aliphatic rings. The van der Waals surface area contributed by atoms with Gasteiger partial charge in [0.15, 0.2) is 10.3 Å². The summed E-state index contributed by atoms with van der Waals surface area (Å²) in [5.74, 6) is -0.222. The number of hydrogen-bond acceptors (Lipinski definition) is 15. The number of piperazine rings is 2. The van der Waals surface area contributed by atoms with E-state index in [9.17, 15) is 29.1 Å². The van der Waals surface area contributed by atoms with Crippen LogP contribution in [0.5, 0.6) is 11.5 Å². The van der Waals surface area contributed by atoms with Crippen molar-refractivity contribution in [3.63, 3.8) is 0 Å². The summed E-state index contributed by atoms with van der Waals surface area (Å²) in [5, 5.41) is 17.9. The van der Waals surface area contributed by atoms with Crippen LogP contribution in [0.1, 0.15) is 79.1 Å². The Balaban J connectivity index is 1.19. The molecule has 0 bridgehead atoms. The molecular formula is C46H56N8O8S4. The molecule has 16 nitrogen and oxygen atoms in total. The lowest BCUT2D eigenvalue weighted by molar-refractivity contribution is -0.134. The predicted octanol–water partition coefficient (Wildman–Crippen LogP) is 7.27. The first-order valence-corrected chi connectivity index (χ1v) is 24.3. The lowest BCUT2D eigenvalue weighted by atomic mass is 9.96. The normalized spacial score (nSPS) is 16.5. The maximum atomic E-state index is 14.4. The van der Waals surface area contributed by atoms with E-state index in [1.807, 2.05) is 64.6 Å². The number of aromatic nitrogens is 2. The van der Waals surface area contributed by atoms with Crippen molar-refractivity contribution in [2.24, 2.45) is 0 Å². The van der Waals surface area contributed by atoms with E-state index in [0.29, 0.717) is 77.9 Å². The Hall–Kier alpha value is -5.25. The Labute approximate surface area is 401 Å². The Morgan fingerprint density at radius 1 is 0.803 bits per heavy atom. The van der Waals surface area contributed by atoms with Crippen LogP contribution in [0.4, 0.5) is 10.3 Å². The number of aryl methyl sites for hydroxylation is 2. The molecule has 0 radical (unpaired) electrons. The molecule has 2 saturated heterocycles. The summed E-state index contributed by atoms with van der Waals surface area (Å²) >= 11 is 5.46.